The first-order chi connectivity index (χ1) is 8.70. The number of hydrogen-bond acceptors (Lipinski definition) is 2. The Balaban J connectivity index is 2.88. The minimum atomic E-state index is -4.44. The third kappa shape index (κ3) is 4.90. The van der Waals surface area contributed by atoms with Crippen molar-refractivity contribution in [3.63, 3.8) is 0 Å². The monoisotopic (exact) mass is 276 g/mol. The highest BCUT2D eigenvalue weighted by Crippen LogP contribution is 2.29. The smallest absolute Gasteiger partial charge is 0.416 e. The topological polar surface area (TPSA) is 46.5 Å². The Morgan fingerprint density at radius 2 is 2.00 bits per heavy atom. The molecule has 1 N–H and O–H groups in total. The molecule has 0 amide bonds. The van der Waals surface area contributed by atoms with Crippen LogP contribution in [0, 0.1) is 0 Å². The summed E-state index contributed by atoms with van der Waals surface area (Å²) in [4.78, 5) is 11.0. The highest BCUT2D eigenvalue weighted by Gasteiger charge is 2.31. The number of aliphatic carboxylic acids is 1. The second kappa shape index (κ2) is 6.06. The van der Waals surface area contributed by atoms with Crippen molar-refractivity contribution in [1.29, 1.82) is 0 Å². The standard InChI is InChI=1S/C13H15F3O3/c1-8(2)19-11(12(17)18)7-9-4-3-5-10(6-9)13(14,15)16/h3-6,8,11H,7H2,1-2H3,(H,17,18)/t11-/m1/s1. The van der Waals surface area contributed by atoms with Gasteiger partial charge in [0.15, 0.2) is 6.10 Å². The first-order valence-corrected chi connectivity index (χ1v) is 5.74. The lowest BCUT2D eigenvalue weighted by molar-refractivity contribution is -0.153. The van der Waals surface area contributed by atoms with Crippen molar-refractivity contribution in [3.05, 3.63) is 35.4 Å². The number of ether oxygens (including phenoxy) is 1. The number of halogens is 3. The van der Waals surface area contributed by atoms with Gasteiger partial charge in [-0.15, -0.1) is 0 Å². The van der Waals surface area contributed by atoms with Crippen molar-refractivity contribution in [2.45, 2.75) is 38.7 Å². The van der Waals surface area contributed by atoms with Gasteiger partial charge < -0.3 is 9.84 Å². The van der Waals surface area contributed by atoms with Crippen LogP contribution in [0.2, 0.25) is 0 Å². The van der Waals surface area contributed by atoms with Crippen LogP contribution < -0.4 is 0 Å². The van der Waals surface area contributed by atoms with E-state index in [2.05, 4.69) is 0 Å². The molecule has 0 saturated carbocycles. The molecule has 3 nitrogen and oxygen atoms in total. The summed E-state index contributed by atoms with van der Waals surface area (Å²) in [5.74, 6) is -1.19. The van der Waals surface area contributed by atoms with E-state index in [0.29, 0.717) is 0 Å². The lowest BCUT2D eigenvalue weighted by Gasteiger charge is -2.17. The lowest BCUT2D eigenvalue weighted by Crippen LogP contribution is -2.29. The Labute approximate surface area is 109 Å². The fraction of sp³-hybridized carbons (Fsp3) is 0.462. The fourth-order valence-corrected chi connectivity index (χ4v) is 1.61. The zero-order valence-electron chi connectivity index (χ0n) is 10.6. The van der Waals surface area contributed by atoms with Crippen LogP contribution in [-0.2, 0) is 22.1 Å². The maximum atomic E-state index is 12.5. The van der Waals surface area contributed by atoms with E-state index in [4.69, 9.17) is 9.84 Å². The van der Waals surface area contributed by atoms with Crippen LogP contribution in [-0.4, -0.2) is 23.3 Å². The van der Waals surface area contributed by atoms with E-state index in [0.717, 1.165) is 12.1 Å². The highest BCUT2D eigenvalue weighted by atomic mass is 19.4. The van der Waals surface area contributed by atoms with Gasteiger partial charge in [-0.2, -0.15) is 13.2 Å². The van der Waals surface area contributed by atoms with Gasteiger partial charge in [-0.3, -0.25) is 0 Å². The Bertz CT molecular complexity index is 441. The molecule has 19 heavy (non-hydrogen) atoms. The van der Waals surface area contributed by atoms with Crippen molar-refractivity contribution < 1.29 is 27.8 Å². The van der Waals surface area contributed by atoms with Gasteiger partial charge in [0.1, 0.15) is 0 Å². The van der Waals surface area contributed by atoms with Gasteiger partial charge in [0, 0.05) is 6.42 Å². The normalized spacial score (nSPS) is 13.6. The van der Waals surface area contributed by atoms with E-state index in [1.165, 1.54) is 12.1 Å². The number of benzene rings is 1. The van der Waals surface area contributed by atoms with Crippen LogP contribution in [0.25, 0.3) is 0 Å². The summed E-state index contributed by atoms with van der Waals surface area (Å²) in [7, 11) is 0. The first kappa shape index (κ1) is 15.5. The summed E-state index contributed by atoms with van der Waals surface area (Å²) < 4.78 is 42.7. The van der Waals surface area contributed by atoms with Crippen molar-refractivity contribution in [2.75, 3.05) is 0 Å². The number of rotatable bonds is 5. The van der Waals surface area contributed by atoms with Crippen molar-refractivity contribution in [1.82, 2.24) is 0 Å². The number of carboxylic acids is 1. The average Bonchev–Trinajstić information content (AvgIpc) is 2.26. The molecule has 1 atom stereocenters. The molecule has 0 saturated heterocycles. The maximum Gasteiger partial charge on any atom is 0.416 e. The van der Waals surface area contributed by atoms with Crippen molar-refractivity contribution >= 4 is 5.97 Å². The minimum absolute atomic E-state index is 0.0998. The predicted octanol–water partition coefficient (Wildman–Crippen LogP) is 3.13. The number of alkyl halides is 3. The molecule has 0 aliphatic carbocycles. The molecule has 1 aromatic rings. The van der Waals surface area contributed by atoms with Crippen LogP contribution in [0.15, 0.2) is 24.3 Å². The van der Waals surface area contributed by atoms with Crippen LogP contribution >= 0.6 is 0 Å². The van der Waals surface area contributed by atoms with Crippen LogP contribution in [0.3, 0.4) is 0 Å². The molecule has 106 valence electrons. The van der Waals surface area contributed by atoms with Crippen molar-refractivity contribution in [3.8, 4) is 0 Å². The largest absolute Gasteiger partial charge is 0.479 e. The number of carbonyl (C=O) groups is 1. The molecule has 0 aromatic heterocycles. The van der Waals surface area contributed by atoms with E-state index < -0.39 is 23.8 Å². The molecule has 0 aliphatic rings. The molecule has 1 aromatic carbocycles. The second-order valence-electron chi connectivity index (χ2n) is 4.41. The predicted molar refractivity (Wildman–Crippen MR) is 62.8 cm³/mol. The summed E-state index contributed by atoms with van der Waals surface area (Å²) in [6, 6.07) is 4.60. The highest BCUT2D eigenvalue weighted by molar-refractivity contribution is 5.72. The Kier molecular flexibility index (Phi) is 4.94. The lowest BCUT2D eigenvalue weighted by atomic mass is 10.0. The molecule has 0 heterocycles. The molecular formula is C13H15F3O3. The van der Waals surface area contributed by atoms with Crippen LogP contribution in [0.1, 0.15) is 25.0 Å². The summed E-state index contributed by atoms with van der Waals surface area (Å²) in [5, 5.41) is 8.97. The molecule has 1 rings (SSSR count). The molecule has 0 unspecified atom stereocenters. The van der Waals surface area contributed by atoms with E-state index in [1.807, 2.05) is 0 Å². The quantitative estimate of drug-likeness (QED) is 0.898. The summed E-state index contributed by atoms with van der Waals surface area (Å²) in [5.41, 5.74) is -0.512. The molecular weight excluding hydrogens is 261 g/mol. The van der Waals surface area contributed by atoms with Gasteiger partial charge in [-0.05, 0) is 25.5 Å². The minimum Gasteiger partial charge on any atom is -0.479 e. The fourth-order valence-electron chi connectivity index (χ4n) is 1.61. The van der Waals surface area contributed by atoms with Gasteiger partial charge in [0.25, 0.3) is 0 Å². The van der Waals surface area contributed by atoms with Gasteiger partial charge in [0.05, 0.1) is 11.7 Å². The summed E-state index contributed by atoms with van der Waals surface area (Å²) in [6.07, 6.45) is -6.00. The maximum absolute atomic E-state index is 12.5. The van der Waals surface area contributed by atoms with Crippen LogP contribution in [0.5, 0.6) is 0 Å². The first-order valence-electron chi connectivity index (χ1n) is 5.74. The third-order valence-electron chi connectivity index (χ3n) is 2.39. The molecule has 6 heteroatoms. The van der Waals surface area contributed by atoms with E-state index in [-0.39, 0.29) is 18.1 Å². The summed E-state index contributed by atoms with van der Waals surface area (Å²) in [6.45, 7) is 3.34. The Hall–Kier alpha value is -1.56. The Morgan fingerprint density at radius 3 is 2.47 bits per heavy atom. The number of hydrogen-bond donors (Lipinski definition) is 1. The zero-order chi connectivity index (χ0) is 14.6. The second-order valence-corrected chi connectivity index (χ2v) is 4.41. The van der Waals surface area contributed by atoms with E-state index >= 15 is 0 Å². The van der Waals surface area contributed by atoms with Crippen LogP contribution in [0.4, 0.5) is 13.2 Å². The number of carboxylic acid groups (broad SMARTS) is 1. The zero-order valence-corrected chi connectivity index (χ0v) is 10.6. The molecule has 0 bridgehead atoms. The average molecular weight is 276 g/mol. The van der Waals surface area contributed by atoms with E-state index in [9.17, 15) is 18.0 Å². The van der Waals surface area contributed by atoms with Gasteiger partial charge in [0.2, 0.25) is 0 Å². The van der Waals surface area contributed by atoms with E-state index in [1.54, 1.807) is 13.8 Å². The molecule has 0 aliphatic heterocycles. The third-order valence-corrected chi connectivity index (χ3v) is 2.39. The van der Waals surface area contributed by atoms with Gasteiger partial charge in [-0.1, -0.05) is 18.2 Å². The molecule has 0 spiro atoms. The summed E-state index contributed by atoms with van der Waals surface area (Å²) >= 11 is 0. The SMILES string of the molecule is CC(C)O[C@H](Cc1cccc(C(F)(F)F)c1)C(=O)O. The molecule has 0 radical (unpaired) electrons. The van der Waals surface area contributed by atoms with Crippen molar-refractivity contribution in [2.24, 2.45) is 0 Å². The van der Waals surface area contributed by atoms with Gasteiger partial charge >= 0.3 is 12.1 Å². The molecule has 0 fully saturated rings. The Morgan fingerprint density at radius 1 is 1.37 bits per heavy atom. The van der Waals surface area contributed by atoms with Gasteiger partial charge in [-0.25, -0.2) is 4.79 Å².